The molecule has 2 N–H and O–H groups in total. The van der Waals surface area contributed by atoms with Gasteiger partial charge in [0.1, 0.15) is 11.9 Å². The maximum atomic E-state index is 12.9. The second kappa shape index (κ2) is 6.41. The second-order valence-corrected chi connectivity index (χ2v) is 6.69. The van der Waals surface area contributed by atoms with Crippen molar-refractivity contribution in [2.75, 3.05) is 13.2 Å². The Hall–Kier alpha value is -2.00. The smallest absolute Gasteiger partial charge is 0.324 e. The van der Waals surface area contributed by atoms with Crippen molar-refractivity contribution in [2.24, 2.45) is 5.73 Å². The molecule has 120 valence electrons. The van der Waals surface area contributed by atoms with Crippen LogP contribution in [0.15, 0.2) is 29.2 Å². The molecular formula is C13H15FN2O5S. The quantitative estimate of drug-likeness (QED) is 0.765. The van der Waals surface area contributed by atoms with Gasteiger partial charge in [0.25, 0.3) is 5.91 Å². The first-order valence-electron chi connectivity index (χ1n) is 6.55. The van der Waals surface area contributed by atoms with Gasteiger partial charge in [-0.25, -0.2) is 12.8 Å². The third kappa shape index (κ3) is 3.42. The third-order valence-corrected chi connectivity index (χ3v) is 5.18. The van der Waals surface area contributed by atoms with Gasteiger partial charge in [0.15, 0.2) is 6.61 Å². The number of esters is 1. The fourth-order valence-corrected chi connectivity index (χ4v) is 3.89. The number of rotatable bonds is 5. The maximum Gasteiger partial charge on any atom is 0.324 e. The summed E-state index contributed by atoms with van der Waals surface area (Å²) in [5, 5.41) is 0. The zero-order valence-electron chi connectivity index (χ0n) is 11.6. The summed E-state index contributed by atoms with van der Waals surface area (Å²) in [5.41, 5.74) is 4.88. The summed E-state index contributed by atoms with van der Waals surface area (Å²) >= 11 is 0. The van der Waals surface area contributed by atoms with Gasteiger partial charge in [-0.05, 0) is 37.1 Å². The lowest BCUT2D eigenvalue weighted by Gasteiger charge is -2.22. The van der Waals surface area contributed by atoms with Crippen LogP contribution in [0.4, 0.5) is 4.39 Å². The van der Waals surface area contributed by atoms with Gasteiger partial charge in [-0.3, -0.25) is 9.59 Å². The minimum Gasteiger partial charge on any atom is -0.454 e. The number of benzene rings is 1. The second-order valence-electron chi connectivity index (χ2n) is 4.80. The summed E-state index contributed by atoms with van der Waals surface area (Å²) in [6.07, 6.45) is 0.773. The lowest BCUT2D eigenvalue weighted by atomic mass is 10.2. The van der Waals surface area contributed by atoms with E-state index in [1.165, 1.54) is 0 Å². The van der Waals surface area contributed by atoms with Gasteiger partial charge in [0, 0.05) is 6.54 Å². The van der Waals surface area contributed by atoms with Gasteiger partial charge in [-0.2, -0.15) is 4.31 Å². The first kappa shape index (κ1) is 16.4. The van der Waals surface area contributed by atoms with Crippen LogP contribution in [0.1, 0.15) is 12.8 Å². The maximum absolute atomic E-state index is 12.9. The van der Waals surface area contributed by atoms with Crippen LogP contribution in [0.5, 0.6) is 0 Å². The molecule has 9 heteroatoms. The molecule has 0 aromatic heterocycles. The highest BCUT2D eigenvalue weighted by molar-refractivity contribution is 7.89. The summed E-state index contributed by atoms with van der Waals surface area (Å²) in [6.45, 7) is -0.449. The Balaban J connectivity index is 2.20. The highest BCUT2D eigenvalue weighted by atomic mass is 32.2. The van der Waals surface area contributed by atoms with E-state index in [0.29, 0.717) is 6.42 Å². The molecule has 1 heterocycles. The van der Waals surface area contributed by atoms with Crippen LogP contribution >= 0.6 is 0 Å². The van der Waals surface area contributed by atoms with Crippen molar-refractivity contribution in [1.29, 1.82) is 0 Å². The highest BCUT2D eigenvalue weighted by Gasteiger charge is 2.40. The van der Waals surface area contributed by atoms with E-state index in [4.69, 9.17) is 5.73 Å². The average molecular weight is 330 g/mol. The number of sulfonamides is 1. The number of primary amides is 1. The number of carbonyl (C=O) groups is 2. The van der Waals surface area contributed by atoms with E-state index in [1.54, 1.807) is 0 Å². The van der Waals surface area contributed by atoms with E-state index >= 15 is 0 Å². The van der Waals surface area contributed by atoms with E-state index in [0.717, 1.165) is 28.6 Å². The molecule has 0 spiro atoms. The summed E-state index contributed by atoms with van der Waals surface area (Å²) < 4.78 is 43.6. The summed E-state index contributed by atoms with van der Waals surface area (Å²) in [4.78, 5) is 22.4. The van der Waals surface area contributed by atoms with Crippen molar-refractivity contribution in [3.8, 4) is 0 Å². The average Bonchev–Trinajstić information content (AvgIpc) is 2.95. The number of carbonyl (C=O) groups excluding carboxylic acids is 2. The van der Waals surface area contributed by atoms with E-state index in [-0.39, 0.29) is 17.9 Å². The van der Waals surface area contributed by atoms with Gasteiger partial charge >= 0.3 is 5.97 Å². The molecule has 1 saturated heterocycles. The van der Waals surface area contributed by atoms with Gasteiger partial charge in [0.2, 0.25) is 10.0 Å². The molecule has 22 heavy (non-hydrogen) atoms. The Morgan fingerprint density at radius 2 is 1.95 bits per heavy atom. The van der Waals surface area contributed by atoms with Crippen LogP contribution in [0.25, 0.3) is 0 Å². The van der Waals surface area contributed by atoms with Crippen molar-refractivity contribution < 1.29 is 27.1 Å². The normalized spacial score (nSPS) is 19.0. The number of hydrogen-bond donors (Lipinski definition) is 1. The number of ether oxygens (including phenoxy) is 1. The molecule has 1 aliphatic rings. The van der Waals surface area contributed by atoms with Crippen LogP contribution in [0.3, 0.4) is 0 Å². The Kier molecular flexibility index (Phi) is 4.77. The monoisotopic (exact) mass is 330 g/mol. The predicted molar refractivity (Wildman–Crippen MR) is 73.5 cm³/mol. The topological polar surface area (TPSA) is 107 Å². The molecule has 1 fully saturated rings. The molecule has 0 radical (unpaired) electrons. The molecule has 1 aromatic rings. The van der Waals surface area contributed by atoms with Crippen LogP contribution < -0.4 is 5.73 Å². The van der Waals surface area contributed by atoms with Crippen LogP contribution in [0.2, 0.25) is 0 Å². The highest BCUT2D eigenvalue weighted by Crippen LogP contribution is 2.26. The molecule has 0 unspecified atom stereocenters. The minimum absolute atomic E-state index is 0.108. The molecule has 1 atom stereocenters. The summed E-state index contributed by atoms with van der Waals surface area (Å²) in [6, 6.07) is 3.32. The SMILES string of the molecule is NC(=O)COC(=O)[C@@H]1CCCN1S(=O)(=O)c1ccc(F)cc1. The predicted octanol–water partition coefficient (Wildman–Crippen LogP) is 0.00730. The molecule has 7 nitrogen and oxygen atoms in total. The molecular weight excluding hydrogens is 315 g/mol. The molecule has 2 rings (SSSR count). The Morgan fingerprint density at radius 1 is 1.32 bits per heavy atom. The van der Waals surface area contributed by atoms with Crippen LogP contribution in [-0.4, -0.2) is 43.8 Å². The van der Waals surface area contributed by atoms with Crippen molar-refractivity contribution in [3.63, 3.8) is 0 Å². The standard InChI is InChI=1S/C13H15FN2O5S/c14-9-3-5-10(6-4-9)22(19,20)16-7-1-2-11(16)13(18)21-8-12(15)17/h3-6,11H,1-2,7-8H2,(H2,15,17)/t11-/m0/s1. The summed E-state index contributed by atoms with van der Waals surface area (Å²) in [7, 11) is -3.94. The Morgan fingerprint density at radius 3 is 2.55 bits per heavy atom. The van der Waals surface area contributed by atoms with Crippen LogP contribution in [-0.2, 0) is 24.3 Å². The lowest BCUT2D eigenvalue weighted by Crippen LogP contribution is -2.42. The van der Waals surface area contributed by atoms with Crippen LogP contribution in [0, 0.1) is 5.82 Å². The van der Waals surface area contributed by atoms with Gasteiger partial charge in [-0.15, -0.1) is 0 Å². The van der Waals surface area contributed by atoms with Crippen molar-refractivity contribution in [3.05, 3.63) is 30.1 Å². The van der Waals surface area contributed by atoms with Gasteiger partial charge in [-0.1, -0.05) is 0 Å². The van der Waals surface area contributed by atoms with E-state index in [1.807, 2.05) is 0 Å². The fourth-order valence-electron chi connectivity index (χ4n) is 2.24. The Labute approximate surface area is 126 Å². The number of amides is 1. The number of halogens is 1. The molecule has 1 aliphatic heterocycles. The minimum atomic E-state index is -3.94. The number of nitrogens with zero attached hydrogens (tertiary/aromatic N) is 1. The third-order valence-electron chi connectivity index (χ3n) is 3.25. The fraction of sp³-hybridized carbons (Fsp3) is 0.385. The largest absolute Gasteiger partial charge is 0.454 e. The number of nitrogens with two attached hydrogens (primary N) is 1. The summed E-state index contributed by atoms with van der Waals surface area (Å²) in [5.74, 6) is -2.20. The number of hydrogen-bond acceptors (Lipinski definition) is 5. The molecule has 0 saturated carbocycles. The Bertz CT molecular complexity index is 674. The molecule has 0 bridgehead atoms. The molecule has 1 amide bonds. The molecule has 1 aromatic carbocycles. The van der Waals surface area contributed by atoms with E-state index < -0.39 is 40.4 Å². The van der Waals surface area contributed by atoms with Crippen molar-refractivity contribution >= 4 is 21.9 Å². The van der Waals surface area contributed by atoms with E-state index in [9.17, 15) is 22.4 Å². The molecule has 0 aliphatic carbocycles. The van der Waals surface area contributed by atoms with Gasteiger partial charge in [0.05, 0.1) is 4.90 Å². The lowest BCUT2D eigenvalue weighted by molar-refractivity contribution is -0.151. The van der Waals surface area contributed by atoms with Crippen molar-refractivity contribution in [2.45, 2.75) is 23.8 Å². The van der Waals surface area contributed by atoms with Crippen molar-refractivity contribution in [1.82, 2.24) is 4.31 Å². The van der Waals surface area contributed by atoms with Gasteiger partial charge < -0.3 is 10.5 Å². The first-order valence-corrected chi connectivity index (χ1v) is 7.99. The zero-order valence-corrected chi connectivity index (χ0v) is 12.4. The van der Waals surface area contributed by atoms with E-state index in [2.05, 4.69) is 4.74 Å². The zero-order chi connectivity index (χ0) is 16.3. The first-order chi connectivity index (χ1) is 10.3.